The number of fused-ring (bicyclic) bond motifs is 2. The largest absolute Gasteiger partial charge is 0.465 e. The molecule has 2 aromatic heterocycles. The van der Waals surface area contributed by atoms with E-state index in [1.807, 2.05) is 20.8 Å². The summed E-state index contributed by atoms with van der Waals surface area (Å²) in [5, 5.41) is 3.08. The zero-order valence-electron chi connectivity index (χ0n) is 17.6. The third-order valence-electron chi connectivity index (χ3n) is 4.26. The molecular weight excluding hydrogens is 390 g/mol. The molecule has 1 N–H and O–H groups in total. The van der Waals surface area contributed by atoms with Crippen LogP contribution in [0.15, 0.2) is 40.6 Å². The zero-order valence-corrected chi connectivity index (χ0v) is 17.6. The lowest BCUT2D eigenvalue weighted by molar-refractivity contribution is -0.148. The van der Waals surface area contributed by atoms with Gasteiger partial charge < -0.3 is 19.5 Å². The SMILES string of the molecule is CCOC(=O)C1=C(NC(C)(C)C)Oc2nc3ccccn3c(=O)c2C1C(=O)OCC. The van der Waals surface area contributed by atoms with Crippen molar-refractivity contribution in [3.8, 4) is 5.88 Å². The topological polar surface area (TPSA) is 108 Å². The first kappa shape index (κ1) is 21.4. The summed E-state index contributed by atoms with van der Waals surface area (Å²) in [6.45, 7) is 9.05. The van der Waals surface area contributed by atoms with E-state index >= 15 is 0 Å². The van der Waals surface area contributed by atoms with Crippen LogP contribution in [0.25, 0.3) is 5.65 Å². The van der Waals surface area contributed by atoms with Gasteiger partial charge in [-0.25, -0.2) is 4.79 Å². The van der Waals surface area contributed by atoms with Gasteiger partial charge in [-0.1, -0.05) is 6.07 Å². The number of carbonyl (C=O) groups excluding carboxylic acids is 2. The van der Waals surface area contributed by atoms with Gasteiger partial charge in [-0.3, -0.25) is 14.0 Å². The highest BCUT2D eigenvalue weighted by molar-refractivity contribution is 6.00. The predicted molar refractivity (Wildman–Crippen MR) is 108 cm³/mol. The number of pyridine rings is 1. The molecule has 1 aliphatic heterocycles. The van der Waals surface area contributed by atoms with E-state index in [1.165, 1.54) is 10.6 Å². The summed E-state index contributed by atoms with van der Waals surface area (Å²) in [6, 6.07) is 5.04. The van der Waals surface area contributed by atoms with Crippen molar-refractivity contribution in [2.45, 2.75) is 46.1 Å². The minimum Gasteiger partial charge on any atom is -0.465 e. The number of aromatic nitrogens is 2. The van der Waals surface area contributed by atoms with E-state index in [4.69, 9.17) is 14.2 Å². The molecule has 0 spiro atoms. The smallest absolute Gasteiger partial charge is 0.340 e. The minimum absolute atomic E-state index is 0.0127. The average Bonchev–Trinajstić information content (AvgIpc) is 2.66. The van der Waals surface area contributed by atoms with Crippen molar-refractivity contribution in [2.75, 3.05) is 13.2 Å². The molecule has 9 heteroatoms. The zero-order chi connectivity index (χ0) is 22.1. The van der Waals surface area contributed by atoms with Crippen LogP contribution >= 0.6 is 0 Å². The van der Waals surface area contributed by atoms with Gasteiger partial charge >= 0.3 is 11.9 Å². The van der Waals surface area contributed by atoms with E-state index in [2.05, 4.69) is 10.3 Å². The van der Waals surface area contributed by atoms with Crippen LogP contribution in [0.3, 0.4) is 0 Å². The van der Waals surface area contributed by atoms with Crippen molar-refractivity contribution in [3.05, 3.63) is 51.8 Å². The highest BCUT2D eigenvalue weighted by Gasteiger charge is 2.44. The molecule has 0 radical (unpaired) electrons. The fourth-order valence-electron chi connectivity index (χ4n) is 3.15. The van der Waals surface area contributed by atoms with Gasteiger partial charge in [-0.05, 0) is 46.8 Å². The van der Waals surface area contributed by atoms with E-state index in [1.54, 1.807) is 32.0 Å². The predicted octanol–water partition coefficient (Wildman–Crippen LogP) is 1.90. The van der Waals surface area contributed by atoms with Gasteiger partial charge in [0, 0.05) is 11.7 Å². The normalized spacial score (nSPS) is 16.0. The molecule has 160 valence electrons. The van der Waals surface area contributed by atoms with Crippen LogP contribution in [0.1, 0.15) is 46.1 Å². The van der Waals surface area contributed by atoms with Crippen molar-refractivity contribution in [1.82, 2.24) is 14.7 Å². The Bertz CT molecular complexity index is 1080. The Labute approximate surface area is 173 Å². The third-order valence-corrected chi connectivity index (χ3v) is 4.26. The standard InChI is InChI=1S/C21H25N3O6/c1-6-28-19(26)13-14-16(22-12-10-8-9-11-24(12)18(14)25)30-17(23-21(3,4)5)15(13)20(27)29-7-2/h8-11,13,23H,6-7H2,1-5H3. The molecule has 2 aromatic rings. The summed E-state index contributed by atoms with van der Waals surface area (Å²) in [5.74, 6) is -2.91. The Balaban J connectivity index is 2.32. The van der Waals surface area contributed by atoms with Crippen molar-refractivity contribution >= 4 is 17.6 Å². The number of esters is 2. The molecule has 30 heavy (non-hydrogen) atoms. The highest BCUT2D eigenvalue weighted by Crippen LogP contribution is 2.37. The fourth-order valence-corrected chi connectivity index (χ4v) is 3.15. The Kier molecular flexibility index (Phi) is 5.82. The van der Waals surface area contributed by atoms with Gasteiger partial charge in [0.05, 0.1) is 18.8 Å². The van der Waals surface area contributed by atoms with Crippen molar-refractivity contribution in [1.29, 1.82) is 0 Å². The van der Waals surface area contributed by atoms with E-state index in [0.29, 0.717) is 5.65 Å². The summed E-state index contributed by atoms with van der Waals surface area (Å²) < 4.78 is 17.5. The van der Waals surface area contributed by atoms with Gasteiger partial charge in [0.1, 0.15) is 17.1 Å². The van der Waals surface area contributed by atoms with Crippen LogP contribution in [0.5, 0.6) is 5.88 Å². The molecule has 0 saturated heterocycles. The van der Waals surface area contributed by atoms with Crippen LogP contribution in [0.2, 0.25) is 0 Å². The van der Waals surface area contributed by atoms with E-state index in [9.17, 15) is 14.4 Å². The quantitative estimate of drug-likeness (QED) is 0.738. The molecule has 1 unspecified atom stereocenters. The number of nitrogens with one attached hydrogen (secondary N) is 1. The number of carbonyl (C=O) groups is 2. The van der Waals surface area contributed by atoms with Gasteiger partial charge in [0.2, 0.25) is 11.8 Å². The molecule has 0 amide bonds. The van der Waals surface area contributed by atoms with E-state index in [0.717, 1.165) is 0 Å². The lowest BCUT2D eigenvalue weighted by Gasteiger charge is -2.31. The van der Waals surface area contributed by atoms with Crippen molar-refractivity contribution in [3.63, 3.8) is 0 Å². The maximum Gasteiger partial charge on any atom is 0.340 e. The molecule has 0 aromatic carbocycles. The minimum atomic E-state index is -1.34. The van der Waals surface area contributed by atoms with E-state index in [-0.39, 0.29) is 36.1 Å². The number of nitrogens with zero attached hydrogens (tertiary/aromatic N) is 2. The Morgan fingerprint density at radius 3 is 2.53 bits per heavy atom. The second-order valence-corrected chi connectivity index (χ2v) is 7.69. The first-order valence-corrected chi connectivity index (χ1v) is 9.73. The first-order valence-electron chi connectivity index (χ1n) is 9.73. The molecule has 0 fully saturated rings. The number of rotatable bonds is 5. The van der Waals surface area contributed by atoms with Crippen LogP contribution in [0, 0.1) is 0 Å². The molecular formula is C21H25N3O6. The Morgan fingerprint density at radius 1 is 1.20 bits per heavy atom. The van der Waals surface area contributed by atoms with Gasteiger partial charge in [-0.2, -0.15) is 4.98 Å². The summed E-state index contributed by atoms with van der Waals surface area (Å²) in [5.41, 5.74) is -0.883. The van der Waals surface area contributed by atoms with Gasteiger partial charge in [0.25, 0.3) is 5.56 Å². The van der Waals surface area contributed by atoms with Gasteiger partial charge in [-0.15, -0.1) is 0 Å². The monoisotopic (exact) mass is 415 g/mol. The van der Waals surface area contributed by atoms with Crippen LogP contribution in [0.4, 0.5) is 0 Å². The lowest BCUT2D eigenvalue weighted by atomic mass is 9.90. The molecule has 3 heterocycles. The maximum atomic E-state index is 13.3. The van der Waals surface area contributed by atoms with Crippen molar-refractivity contribution in [2.24, 2.45) is 0 Å². The highest BCUT2D eigenvalue weighted by atomic mass is 16.5. The molecule has 3 rings (SSSR count). The lowest BCUT2D eigenvalue weighted by Crippen LogP contribution is -2.43. The van der Waals surface area contributed by atoms with E-state index < -0.39 is 29.0 Å². The maximum absolute atomic E-state index is 13.3. The Hall–Kier alpha value is -3.36. The number of hydrogen-bond donors (Lipinski definition) is 1. The second kappa shape index (κ2) is 8.17. The second-order valence-electron chi connectivity index (χ2n) is 7.69. The summed E-state index contributed by atoms with van der Waals surface area (Å²) in [7, 11) is 0. The fraction of sp³-hybridized carbons (Fsp3) is 0.429. The van der Waals surface area contributed by atoms with Crippen LogP contribution in [-0.4, -0.2) is 40.1 Å². The molecule has 9 nitrogen and oxygen atoms in total. The van der Waals surface area contributed by atoms with Crippen molar-refractivity contribution < 1.29 is 23.8 Å². The third kappa shape index (κ3) is 4.00. The van der Waals surface area contributed by atoms with Crippen LogP contribution in [-0.2, 0) is 19.1 Å². The average molecular weight is 415 g/mol. The summed E-state index contributed by atoms with van der Waals surface area (Å²) in [4.78, 5) is 43.5. The molecule has 0 bridgehead atoms. The molecule has 0 aliphatic carbocycles. The number of hydrogen-bond acceptors (Lipinski definition) is 8. The number of ether oxygens (including phenoxy) is 3. The summed E-state index contributed by atoms with van der Waals surface area (Å²) in [6.07, 6.45) is 1.53. The molecule has 0 saturated carbocycles. The van der Waals surface area contributed by atoms with Crippen LogP contribution < -0.4 is 15.6 Å². The van der Waals surface area contributed by atoms with Gasteiger partial charge in [0.15, 0.2) is 0 Å². The first-order chi connectivity index (χ1) is 14.2. The Morgan fingerprint density at radius 2 is 1.90 bits per heavy atom. The molecule has 1 aliphatic rings. The summed E-state index contributed by atoms with van der Waals surface area (Å²) >= 11 is 0. The molecule has 1 atom stereocenters.